The van der Waals surface area contributed by atoms with Crippen LogP contribution in [-0.2, 0) is 16.0 Å². The van der Waals surface area contributed by atoms with E-state index in [2.05, 4.69) is 0 Å². The summed E-state index contributed by atoms with van der Waals surface area (Å²) in [5.74, 6) is -0.0896. The summed E-state index contributed by atoms with van der Waals surface area (Å²) in [4.78, 5) is 30.2. The van der Waals surface area contributed by atoms with Gasteiger partial charge in [0.15, 0.2) is 0 Å². The number of nitrogens with zero attached hydrogens (tertiary/aromatic N) is 2. The molecule has 3 aromatic rings. The quantitative estimate of drug-likeness (QED) is 0.256. The lowest BCUT2D eigenvalue weighted by molar-refractivity contribution is -0.139. The Morgan fingerprint density at radius 3 is 2.08 bits per heavy atom. The van der Waals surface area contributed by atoms with Crippen LogP contribution in [-0.4, -0.2) is 63.7 Å². The number of likely N-dealkylation sites (tertiary alicyclic amines) is 1. The Labute approximate surface area is 222 Å². The van der Waals surface area contributed by atoms with Gasteiger partial charge in [-0.15, -0.1) is 0 Å². The van der Waals surface area contributed by atoms with Crippen LogP contribution in [0.15, 0.2) is 72.3 Å². The number of carbonyl (C=O) groups is 2. The number of anilines is 1. The Balaban J connectivity index is 1.79. The van der Waals surface area contributed by atoms with Crippen LogP contribution in [0.1, 0.15) is 22.7 Å². The third-order valence-corrected chi connectivity index (χ3v) is 6.73. The summed E-state index contributed by atoms with van der Waals surface area (Å²) < 4.78 is 16.0. The molecule has 0 bridgehead atoms. The van der Waals surface area contributed by atoms with Gasteiger partial charge in [-0.1, -0.05) is 24.3 Å². The molecule has 3 aromatic carbocycles. The highest BCUT2D eigenvalue weighted by molar-refractivity contribution is 6.46. The molecule has 38 heavy (non-hydrogen) atoms. The van der Waals surface area contributed by atoms with E-state index in [4.69, 9.17) is 14.2 Å². The molecule has 198 valence electrons. The molecule has 0 radical (unpaired) electrons. The van der Waals surface area contributed by atoms with Crippen LogP contribution in [0.3, 0.4) is 0 Å². The second-order valence-electron chi connectivity index (χ2n) is 9.14. The molecule has 0 spiro atoms. The van der Waals surface area contributed by atoms with Gasteiger partial charge in [0, 0.05) is 32.4 Å². The smallest absolute Gasteiger partial charge is 0.295 e. The van der Waals surface area contributed by atoms with Gasteiger partial charge in [-0.2, -0.15) is 0 Å². The number of carbonyl (C=O) groups excluding carboxylic acids is 2. The van der Waals surface area contributed by atoms with Gasteiger partial charge in [-0.05, 0) is 53.9 Å². The van der Waals surface area contributed by atoms with Crippen LogP contribution in [0, 0.1) is 0 Å². The number of aliphatic hydroxyl groups excluding tert-OH is 1. The zero-order valence-electron chi connectivity index (χ0n) is 22.2. The van der Waals surface area contributed by atoms with Crippen molar-refractivity contribution in [1.82, 2.24) is 4.90 Å². The monoisotopic (exact) mass is 516 g/mol. The van der Waals surface area contributed by atoms with E-state index in [1.807, 2.05) is 67.5 Å². The summed E-state index contributed by atoms with van der Waals surface area (Å²) in [6, 6.07) is 19.3. The molecule has 0 saturated carbocycles. The number of ether oxygens (including phenoxy) is 3. The number of benzene rings is 3. The first-order valence-corrected chi connectivity index (χ1v) is 12.2. The number of hydrogen-bond donors (Lipinski definition) is 1. The van der Waals surface area contributed by atoms with Gasteiger partial charge in [0.1, 0.15) is 23.0 Å². The van der Waals surface area contributed by atoms with Crippen molar-refractivity contribution < 1.29 is 28.9 Å². The van der Waals surface area contributed by atoms with Gasteiger partial charge in [0.2, 0.25) is 0 Å². The zero-order chi connectivity index (χ0) is 27.4. The first-order valence-electron chi connectivity index (χ1n) is 12.2. The second kappa shape index (κ2) is 11.3. The summed E-state index contributed by atoms with van der Waals surface area (Å²) in [6.45, 7) is 0.285. The molecule has 0 aromatic heterocycles. The van der Waals surface area contributed by atoms with E-state index < -0.39 is 17.7 Å². The van der Waals surface area contributed by atoms with Gasteiger partial charge < -0.3 is 29.1 Å². The predicted molar refractivity (Wildman–Crippen MR) is 146 cm³/mol. The molecule has 4 rings (SSSR count). The van der Waals surface area contributed by atoms with E-state index in [1.165, 1.54) is 19.1 Å². The van der Waals surface area contributed by atoms with Crippen LogP contribution >= 0.6 is 0 Å². The van der Waals surface area contributed by atoms with Crippen molar-refractivity contribution in [2.45, 2.75) is 12.5 Å². The maximum atomic E-state index is 13.4. The average molecular weight is 517 g/mol. The highest BCUT2D eigenvalue weighted by Crippen LogP contribution is 2.42. The van der Waals surface area contributed by atoms with E-state index in [1.54, 1.807) is 25.3 Å². The number of hydrogen-bond acceptors (Lipinski definition) is 7. The minimum atomic E-state index is -0.767. The van der Waals surface area contributed by atoms with Gasteiger partial charge in [-0.25, -0.2) is 0 Å². The number of amides is 1. The summed E-state index contributed by atoms with van der Waals surface area (Å²) in [6.07, 6.45) is 0.523. The molecule has 1 fully saturated rings. The Bertz CT molecular complexity index is 1350. The SMILES string of the molecule is COc1ccc(CCN2C(=O)C(=O)/C(=C(\O)c3ccc(OC)cc3OC)C2c2ccc(N(C)C)cc2)cc1. The Morgan fingerprint density at radius 2 is 1.50 bits per heavy atom. The van der Waals surface area contributed by atoms with Crippen molar-refractivity contribution in [3.63, 3.8) is 0 Å². The Morgan fingerprint density at radius 1 is 0.868 bits per heavy atom. The molecule has 1 atom stereocenters. The number of Topliss-reactive ketones (excluding diaryl/α,β-unsaturated/α-hetero) is 1. The molecular weight excluding hydrogens is 484 g/mol. The zero-order valence-corrected chi connectivity index (χ0v) is 22.2. The fraction of sp³-hybridized carbons (Fsp3) is 0.267. The van der Waals surface area contributed by atoms with E-state index in [0.29, 0.717) is 23.5 Å². The lowest BCUT2D eigenvalue weighted by Crippen LogP contribution is -2.31. The first-order chi connectivity index (χ1) is 18.3. The van der Waals surface area contributed by atoms with E-state index >= 15 is 0 Å². The fourth-order valence-corrected chi connectivity index (χ4v) is 4.59. The number of aliphatic hydroxyl groups is 1. The van der Waals surface area contributed by atoms with Gasteiger partial charge >= 0.3 is 0 Å². The third kappa shape index (κ3) is 5.16. The number of rotatable bonds is 9. The van der Waals surface area contributed by atoms with Crippen LogP contribution in [0.25, 0.3) is 5.76 Å². The van der Waals surface area contributed by atoms with E-state index in [9.17, 15) is 14.7 Å². The second-order valence-corrected chi connectivity index (χ2v) is 9.14. The predicted octanol–water partition coefficient (Wildman–Crippen LogP) is 4.44. The molecule has 8 heteroatoms. The summed E-state index contributed by atoms with van der Waals surface area (Å²) in [7, 11) is 8.47. The summed E-state index contributed by atoms with van der Waals surface area (Å²) >= 11 is 0. The molecule has 1 amide bonds. The Kier molecular flexibility index (Phi) is 7.90. The highest BCUT2D eigenvalue weighted by atomic mass is 16.5. The van der Waals surface area contributed by atoms with E-state index in [0.717, 1.165) is 22.6 Å². The van der Waals surface area contributed by atoms with E-state index in [-0.39, 0.29) is 17.9 Å². The summed E-state index contributed by atoms with van der Waals surface area (Å²) in [5, 5.41) is 11.5. The Hall–Kier alpha value is -4.46. The molecule has 0 aliphatic carbocycles. The fourth-order valence-electron chi connectivity index (χ4n) is 4.59. The lowest BCUT2D eigenvalue weighted by atomic mass is 9.94. The molecule has 1 N–H and O–H groups in total. The standard InChI is InChI=1S/C30H32N2O6/c1-31(2)21-10-8-20(9-11-21)27-26(28(33)24-15-14-23(37-4)18-25(24)38-5)29(34)30(35)32(27)17-16-19-6-12-22(36-3)13-7-19/h6-15,18,27,33H,16-17H2,1-5H3/b28-26-. The van der Waals surface area contributed by atoms with Crippen molar-refractivity contribution in [3.8, 4) is 17.2 Å². The molecule has 1 heterocycles. The van der Waals surface area contributed by atoms with Gasteiger partial charge in [0.25, 0.3) is 11.7 Å². The third-order valence-electron chi connectivity index (χ3n) is 6.73. The minimum Gasteiger partial charge on any atom is -0.507 e. The average Bonchev–Trinajstić information content (AvgIpc) is 3.20. The maximum absolute atomic E-state index is 13.4. The maximum Gasteiger partial charge on any atom is 0.295 e. The van der Waals surface area contributed by atoms with Crippen LogP contribution in [0.5, 0.6) is 17.2 Å². The molecule has 1 aliphatic heterocycles. The number of ketones is 1. The van der Waals surface area contributed by atoms with Gasteiger partial charge in [-0.3, -0.25) is 9.59 Å². The topological polar surface area (TPSA) is 88.5 Å². The normalized spacial score (nSPS) is 16.4. The van der Waals surface area contributed by atoms with Crippen LogP contribution < -0.4 is 19.1 Å². The molecule has 1 unspecified atom stereocenters. The summed E-state index contributed by atoms with van der Waals surface area (Å²) in [5.41, 5.74) is 3.01. The van der Waals surface area contributed by atoms with Crippen LogP contribution in [0.2, 0.25) is 0 Å². The van der Waals surface area contributed by atoms with Crippen molar-refractivity contribution >= 4 is 23.1 Å². The molecule has 1 saturated heterocycles. The van der Waals surface area contributed by atoms with Crippen molar-refractivity contribution in [1.29, 1.82) is 0 Å². The molecular formula is C30H32N2O6. The largest absolute Gasteiger partial charge is 0.507 e. The molecule has 8 nitrogen and oxygen atoms in total. The van der Waals surface area contributed by atoms with Gasteiger partial charge in [0.05, 0.1) is 38.5 Å². The lowest BCUT2D eigenvalue weighted by Gasteiger charge is -2.26. The van der Waals surface area contributed by atoms with Crippen molar-refractivity contribution in [2.24, 2.45) is 0 Å². The number of methoxy groups -OCH3 is 3. The van der Waals surface area contributed by atoms with Crippen molar-refractivity contribution in [3.05, 3.63) is 89.0 Å². The van der Waals surface area contributed by atoms with Crippen molar-refractivity contribution in [2.75, 3.05) is 46.9 Å². The highest BCUT2D eigenvalue weighted by Gasteiger charge is 2.46. The minimum absolute atomic E-state index is 0.0193. The first kappa shape index (κ1) is 26.6. The molecule has 1 aliphatic rings. The van der Waals surface area contributed by atoms with Crippen LogP contribution in [0.4, 0.5) is 5.69 Å².